The molecule has 0 radical (unpaired) electrons. The highest BCUT2D eigenvalue weighted by molar-refractivity contribution is 5.97. The lowest BCUT2D eigenvalue weighted by Crippen LogP contribution is -2.27. The van der Waals surface area contributed by atoms with Crippen molar-refractivity contribution in [1.82, 2.24) is 10.2 Å². The van der Waals surface area contributed by atoms with E-state index in [9.17, 15) is 14.9 Å². The largest absolute Gasteiger partial charge is 0.493 e. The van der Waals surface area contributed by atoms with E-state index in [-0.39, 0.29) is 23.7 Å². The number of nitriles is 1. The molecule has 2 N–H and O–H groups in total. The number of benzene rings is 2. The van der Waals surface area contributed by atoms with E-state index in [2.05, 4.69) is 21.6 Å². The number of anilines is 1. The minimum absolute atomic E-state index is 0.0421. The lowest BCUT2D eigenvalue weighted by atomic mass is 9.86. The molecule has 0 unspecified atom stereocenters. The Morgan fingerprint density at radius 1 is 1.19 bits per heavy atom. The molecule has 1 amide bonds. The van der Waals surface area contributed by atoms with Crippen LogP contribution in [0.25, 0.3) is 11.5 Å². The number of nitrogens with one attached hydrogen (secondary N) is 1. The van der Waals surface area contributed by atoms with Crippen LogP contribution in [0.2, 0.25) is 0 Å². The molecule has 2 saturated carbocycles. The molecule has 9 nitrogen and oxygen atoms in total. The zero-order chi connectivity index (χ0) is 25.6. The van der Waals surface area contributed by atoms with Crippen molar-refractivity contribution in [2.75, 3.05) is 11.9 Å². The summed E-state index contributed by atoms with van der Waals surface area (Å²) in [5.74, 6) is 1.09. The van der Waals surface area contributed by atoms with Crippen LogP contribution in [-0.2, 0) is 21.4 Å². The Morgan fingerprint density at radius 3 is 2.84 bits per heavy atom. The monoisotopic (exact) mass is 498 g/mol. The van der Waals surface area contributed by atoms with E-state index in [1.165, 1.54) is 0 Å². The van der Waals surface area contributed by atoms with Crippen molar-refractivity contribution < 1.29 is 23.8 Å². The zero-order valence-electron chi connectivity index (χ0n) is 20.2. The molecule has 1 spiro atoms. The van der Waals surface area contributed by atoms with Gasteiger partial charge in [0.25, 0.3) is 0 Å². The molecule has 3 aliphatic rings. The molecular weight excluding hydrogens is 472 g/mol. The highest BCUT2D eigenvalue weighted by Crippen LogP contribution is 2.61. The molecule has 0 bridgehead atoms. The van der Waals surface area contributed by atoms with Gasteiger partial charge in [-0.15, -0.1) is 10.2 Å². The lowest BCUT2D eigenvalue weighted by molar-refractivity contribution is -0.137. The number of carbonyl (C=O) groups is 2. The van der Waals surface area contributed by atoms with E-state index < -0.39 is 5.97 Å². The molecule has 6 rings (SSSR count). The topological polar surface area (TPSA) is 138 Å². The van der Waals surface area contributed by atoms with Crippen molar-refractivity contribution >= 4 is 17.6 Å². The second kappa shape index (κ2) is 9.04. The van der Waals surface area contributed by atoms with Gasteiger partial charge < -0.3 is 19.6 Å². The van der Waals surface area contributed by atoms with Gasteiger partial charge in [0.05, 0.1) is 18.2 Å². The second-order valence-corrected chi connectivity index (χ2v) is 10.2. The number of aryl methyl sites for hydroxylation is 1. The number of hydrogen-bond acceptors (Lipinski definition) is 7. The molecule has 0 saturated heterocycles. The molecule has 2 atom stereocenters. The van der Waals surface area contributed by atoms with Crippen molar-refractivity contribution in [3.05, 3.63) is 59.0 Å². The summed E-state index contributed by atoms with van der Waals surface area (Å²) in [6, 6.07) is 13.1. The maximum absolute atomic E-state index is 13.5. The second-order valence-electron chi connectivity index (χ2n) is 10.2. The van der Waals surface area contributed by atoms with Crippen molar-refractivity contribution in [3.63, 3.8) is 0 Å². The summed E-state index contributed by atoms with van der Waals surface area (Å²) in [5.41, 5.74) is 3.29. The predicted molar refractivity (Wildman–Crippen MR) is 132 cm³/mol. The summed E-state index contributed by atoms with van der Waals surface area (Å²) in [6.45, 7) is 0.535. The summed E-state index contributed by atoms with van der Waals surface area (Å²) >= 11 is 0. The first-order valence-electron chi connectivity index (χ1n) is 12.6. The number of carboxylic acids is 1. The Bertz CT molecular complexity index is 1440. The van der Waals surface area contributed by atoms with Gasteiger partial charge in [-0.25, -0.2) is 0 Å². The zero-order valence-corrected chi connectivity index (χ0v) is 20.2. The van der Waals surface area contributed by atoms with Gasteiger partial charge in [-0.05, 0) is 74.4 Å². The fraction of sp³-hybridized carbons (Fsp3) is 0.393. The van der Waals surface area contributed by atoms with Crippen LogP contribution in [0, 0.1) is 17.2 Å². The average Bonchev–Trinajstić information content (AvgIpc) is 3.82. The molecule has 2 aliphatic carbocycles. The normalized spacial score (nSPS) is 21.5. The highest BCUT2D eigenvalue weighted by Gasteiger charge is 2.61. The van der Waals surface area contributed by atoms with Crippen molar-refractivity contribution in [1.29, 1.82) is 5.26 Å². The van der Waals surface area contributed by atoms with Gasteiger partial charge >= 0.3 is 5.97 Å². The highest BCUT2D eigenvalue weighted by atomic mass is 16.5. The summed E-state index contributed by atoms with van der Waals surface area (Å²) < 4.78 is 11.8. The Morgan fingerprint density at radius 2 is 2.05 bits per heavy atom. The number of amides is 1. The number of aromatic nitrogens is 2. The Balaban J connectivity index is 1.23. The summed E-state index contributed by atoms with van der Waals surface area (Å²) in [7, 11) is 0. The number of carbonyl (C=O) groups excluding carboxylic acids is 1. The van der Waals surface area contributed by atoms with Gasteiger partial charge in [0.1, 0.15) is 5.75 Å². The van der Waals surface area contributed by atoms with E-state index in [1.54, 1.807) is 18.2 Å². The molecule has 2 fully saturated rings. The molecule has 2 aromatic carbocycles. The summed E-state index contributed by atoms with van der Waals surface area (Å²) in [4.78, 5) is 24.4. The molecule has 9 heteroatoms. The third-order valence-corrected chi connectivity index (χ3v) is 7.66. The average molecular weight is 499 g/mol. The first-order valence-corrected chi connectivity index (χ1v) is 12.6. The van der Waals surface area contributed by atoms with E-state index in [0.29, 0.717) is 54.8 Å². The third-order valence-electron chi connectivity index (χ3n) is 7.66. The number of hydrogen-bond donors (Lipinski definition) is 2. The van der Waals surface area contributed by atoms with Crippen LogP contribution in [0.4, 0.5) is 5.69 Å². The summed E-state index contributed by atoms with van der Waals surface area (Å²) in [6.07, 6.45) is 4.57. The molecule has 2 heterocycles. The Kier molecular flexibility index (Phi) is 5.67. The minimum Gasteiger partial charge on any atom is -0.493 e. The van der Waals surface area contributed by atoms with Gasteiger partial charge in [0, 0.05) is 40.5 Å². The number of fused-ring (bicyclic) bond motifs is 2. The fourth-order valence-electron chi connectivity index (χ4n) is 5.36. The van der Waals surface area contributed by atoms with E-state index in [1.807, 2.05) is 18.2 Å². The van der Waals surface area contributed by atoms with Crippen LogP contribution in [0.15, 0.2) is 40.8 Å². The standard InChI is InChI=1S/C28H26N4O5/c29-15-16-4-5-17(2-1-3-24(33)34)22(12-16)30-25(35)21-14-28(21)10-11-36-23-9-8-19(13-20(23)28)27-32-31-26(37-27)18-6-7-18/h4-5,8-9,12-13,18,21H,1-3,6-7,10-11,14H2,(H,30,35)(H,33,34)/t21-,28-/m0/s1. The first-order chi connectivity index (χ1) is 18.0. The number of nitrogens with zero attached hydrogens (tertiary/aromatic N) is 3. The first kappa shape index (κ1) is 23.2. The maximum Gasteiger partial charge on any atom is 0.303 e. The Hall–Kier alpha value is -4.19. The van der Waals surface area contributed by atoms with Gasteiger partial charge in [0.15, 0.2) is 0 Å². The van der Waals surface area contributed by atoms with Crippen LogP contribution < -0.4 is 10.1 Å². The van der Waals surface area contributed by atoms with Crippen molar-refractivity contribution in [3.8, 4) is 23.3 Å². The van der Waals surface area contributed by atoms with Crippen molar-refractivity contribution in [2.24, 2.45) is 5.92 Å². The molecule has 1 aromatic heterocycles. The van der Waals surface area contributed by atoms with Gasteiger partial charge in [0.2, 0.25) is 17.7 Å². The SMILES string of the molecule is N#Cc1ccc(CCCC(=O)O)c(NC(=O)[C@@H]2C[C@]23CCOc2ccc(-c4nnc(C5CC5)o4)cc23)c1. The van der Waals surface area contributed by atoms with Gasteiger partial charge in [-0.3, -0.25) is 9.59 Å². The molecule has 37 heavy (non-hydrogen) atoms. The number of aliphatic carboxylic acids is 1. The molecule has 1 aliphatic heterocycles. The van der Waals surface area contributed by atoms with Crippen LogP contribution in [0.3, 0.4) is 0 Å². The van der Waals surface area contributed by atoms with Gasteiger partial charge in [-0.1, -0.05) is 6.07 Å². The minimum atomic E-state index is -0.860. The van der Waals surface area contributed by atoms with E-state index in [4.69, 9.17) is 14.3 Å². The number of rotatable bonds is 8. The molecule has 188 valence electrons. The Labute approximate surface area is 213 Å². The van der Waals surface area contributed by atoms with Crippen LogP contribution >= 0.6 is 0 Å². The number of ether oxygens (including phenoxy) is 1. The van der Waals surface area contributed by atoms with Crippen molar-refractivity contribution in [2.45, 2.75) is 56.3 Å². The third kappa shape index (κ3) is 4.44. The fourth-order valence-corrected chi connectivity index (χ4v) is 5.36. The van der Waals surface area contributed by atoms with Gasteiger partial charge in [-0.2, -0.15) is 5.26 Å². The molecule has 3 aromatic rings. The smallest absolute Gasteiger partial charge is 0.303 e. The van der Waals surface area contributed by atoms with E-state index in [0.717, 1.165) is 41.7 Å². The lowest BCUT2D eigenvalue weighted by Gasteiger charge is -2.27. The maximum atomic E-state index is 13.5. The van der Waals surface area contributed by atoms with Crippen LogP contribution in [0.5, 0.6) is 5.75 Å². The quantitative estimate of drug-likeness (QED) is 0.460. The van der Waals surface area contributed by atoms with Crippen LogP contribution in [0.1, 0.15) is 67.0 Å². The number of carboxylic acid groups (broad SMARTS) is 1. The summed E-state index contributed by atoms with van der Waals surface area (Å²) in [5, 5.41) is 29.8. The van der Waals surface area contributed by atoms with Crippen LogP contribution in [-0.4, -0.2) is 33.8 Å². The predicted octanol–water partition coefficient (Wildman–Crippen LogP) is 4.57. The van der Waals surface area contributed by atoms with E-state index >= 15 is 0 Å². The molecular formula is C28H26N4O5.